The molecule has 0 N–H and O–H groups in total. The van der Waals surface area contributed by atoms with E-state index < -0.39 is 0 Å². The second-order valence-corrected chi connectivity index (χ2v) is 5.30. The molecule has 0 aliphatic carbocycles. The van der Waals surface area contributed by atoms with E-state index in [0.29, 0.717) is 6.54 Å². The van der Waals surface area contributed by atoms with Gasteiger partial charge in [-0.25, -0.2) is 4.79 Å². The highest BCUT2D eigenvalue weighted by Gasteiger charge is 2.12. The standard InChI is InChI=1S/C19H18N2O/c1-3-21-13-17(15-11-9-14(2)10-12-15)18(20-19(21)22)16-7-5-4-6-8-16/h4-13H,3H2,1-2H3. The summed E-state index contributed by atoms with van der Waals surface area (Å²) < 4.78 is 1.64. The van der Waals surface area contributed by atoms with E-state index in [9.17, 15) is 4.79 Å². The smallest absolute Gasteiger partial charge is 0.299 e. The Morgan fingerprint density at radius 1 is 0.955 bits per heavy atom. The fourth-order valence-corrected chi connectivity index (χ4v) is 2.48. The van der Waals surface area contributed by atoms with E-state index in [1.165, 1.54) is 5.56 Å². The monoisotopic (exact) mass is 290 g/mol. The van der Waals surface area contributed by atoms with Gasteiger partial charge in [0.1, 0.15) is 0 Å². The Bertz CT molecular complexity index is 834. The van der Waals surface area contributed by atoms with E-state index in [4.69, 9.17) is 0 Å². The molecule has 0 fully saturated rings. The Kier molecular flexibility index (Phi) is 3.88. The van der Waals surface area contributed by atoms with E-state index in [1.807, 2.05) is 43.5 Å². The predicted molar refractivity (Wildman–Crippen MR) is 89.8 cm³/mol. The van der Waals surface area contributed by atoms with Crippen LogP contribution < -0.4 is 5.69 Å². The van der Waals surface area contributed by atoms with E-state index in [2.05, 4.69) is 36.2 Å². The number of aromatic nitrogens is 2. The highest BCUT2D eigenvalue weighted by atomic mass is 16.1. The Morgan fingerprint density at radius 3 is 2.27 bits per heavy atom. The molecule has 0 saturated carbocycles. The van der Waals surface area contributed by atoms with Crippen molar-refractivity contribution in [1.82, 2.24) is 9.55 Å². The van der Waals surface area contributed by atoms with Crippen LogP contribution >= 0.6 is 0 Å². The normalized spacial score (nSPS) is 10.6. The van der Waals surface area contributed by atoms with Gasteiger partial charge in [-0.1, -0.05) is 60.2 Å². The van der Waals surface area contributed by atoms with Crippen LogP contribution in [-0.4, -0.2) is 9.55 Å². The summed E-state index contributed by atoms with van der Waals surface area (Å²) in [6.07, 6.45) is 1.91. The van der Waals surface area contributed by atoms with Crippen LogP contribution in [0.5, 0.6) is 0 Å². The first-order valence-corrected chi connectivity index (χ1v) is 7.43. The van der Waals surface area contributed by atoms with Crippen molar-refractivity contribution in [2.24, 2.45) is 0 Å². The van der Waals surface area contributed by atoms with Crippen LogP contribution in [0.2, 0.25) is 0 Å². The number of rotatable bonds is 3. The molecule has 3 aromatic rings. The van der Waals surface area contributed by atoms with Gasteiger partial charge in [0.15, 0.2) is 0 Å². The minimum absolute atomic E-state index is 0.211. The second-order valence-electron chi connectivity index (χ2n) is 5.30. The number of benzene rings is 2. The summed E-state index contributed by atoms with van der Waals surface area (Å²) in [5, 5.41) is 0. The molecule has 2 aromatic carbocycles. The Labute approximate surface area is 129 Å². The lowest BCUT2D eigenvalue weighted by Crippen LogP contribution is -2.22. The largest absolute Gasteiger partial charge is 0.348 e. The molecule has 1 heterocycles. The molecule has 0 aliphatic heterocycles. The lowest BCUT2D eigenvalue weighted by molar-refractivity contribution is 0.702. The molecule has 3 heteroatoms. The molecule has 0 spiro atoms. The summed E-state index contributed by atoms with van der Waals surface area (Å²) >= 11 is 0. The van der Waals surface area contributed by atoms with Crippen LogP contribution in [0.15, 0.2) is 65.6 Å². The highest BCUT2D eigenvalue weighted by molar-refractivity contribution is 5.80. The quantitative estimate of drug-likeness (QED) is 0.733. The maximum Gasteiger partial charge on any atom is 0.348 e. The van der Waals surface area contributed by atoms with Gasteiger partial charge in [0.05, 0.1) is 5.69 Å². The van der Waals surface area contributed by atoms with Gasteiger partial charge in [-0.3, -0.25) is 4.57 Å². The zero-order chi connectivity index (χ0) is 15.5. The minimum Gasteiger partial charge on any atom is -0.299 e. The molecule has 0 aliphatic rings. The zero-order valence-corrected chi connectivity index (χ0v) is 12.8. The highest BCUT2D eigenvalue weighted by Crippen LogP contribution is 2.29. The van der Waals surface area contributed by atoms with Crippen LogP contribution in [0, 0.1) is 6.92 Å². The van der Waals surface area contributed by atoms with E-state index in [-0.39, 0.29) is 5.69 Å². The zero-order valence-electron chi connectivity index (χ0n) is 12.8. The summed E-state index contributed by atoms with van der Waals surface area (Å²) in [4.78, 5) is 16.5. The van der Waals surface area contributed by atoms with Crippen molar-refractivity contribution in [2.75, 3.05) is 0 Å². The third kappa shape index (κ3) is 2.70. The van der Waals surface area contributed by atoms with Crippen molar-refractivity contribution in [3.05, 3.63) is 76.8 Å². The maximum atomic E-state index is 12.1. The molecular weight excluding hydrogens is 272 g/mol. The molecule has 0 atom stereocenters. The van der Waals surface area contributed by atoms with Crippen molar-refractivity contribution in [3.63, 3.8) is 0 Å². The third-order valence-corrected chi connectivity index (χ3v) is 3.74. The Hall–Kier alpha value is -2.68. The van der Waals surface area contributed by atoms with Gasteiger partial charge in [0.2, 0.25) is 0 Å². The molecule has 0 radical (unpaired) electrons. The Morgan fingerprint density at radius 2 is 1.64 bits per heavy atom. The van der Waals surface area contributed by atoms with E-state index in [0.717, 1.165) is 22.4 Å². The summed E-state index contributed by atoms with van der Waals surface area (Å²) in [5.74, 6) is 0. The van der Waals surface area contributed by atoms with Gasteiger partial charge in [-0.2, -0.15) is 4.98 Å². The predicted octanol–water partition coefficient (Wildman–Crippen LogP) is 3.91. The number of hydrogen-bond acceptors (Lipinski definition) is 2. The summed E-state index contributed by atoms with van der Waals surface area (Å²) in [5.41, 5.74) is 4.74. The molecule has 22 heavy (non-hydrogen) atoms. The molecule has 3 nitrogen and oxygen atoms in total. The first-order valence-electron chi connectivity index (χ1n) is 7.43. The molecule has 0 bridgehead atoms. The summed E-state index contributed by atoms with van der Waals surface area (Å²) in [6.45, 7) is 4.62. The molecule has 0 unspecified atom stereocenters. The van der Waals surface area contributed by atoms with Crippen LogP contribution in [0.1, 0.15) is 12.5 Å². The second kappa shape index (κ2) is 5.98. The van der Waals surface area contributed by atoms with Gasteiger partial charge < -0.3 is 0 Å². The molecule has 0 amide bonds. The third-order valence-electron chi connectivity index (χ3n) is 3.74. The van der Waals surface area contributed by atoms with Crippen LogP contribution in [0.3, 0.4) is 0 Å². The first kappa shape index (κ1) is 14.3. The van der Waals surface area contributed by atoms with Crippen molar-refractivity contribution in [1.29, 1.82) is 0 Å². The van der Waals surface area contributed by atoms with Crippen LogP contribution in [0.4, 0.5) is 0 Å². The summed E-state index contributed by atoms with van der Waals surface area (Å²) in [6, 6.07) is 18.1. The average Bonchev–Trinajstić information content (AvgIpc) is 2.56. The van der Waals surface area contributed by atoms with Gasteiger partial charge in [0.25, 0.3) is 0 Å². The van der Waals surface area contributed by atoms with Crippen molar-refractivity contribution in [2.45, 2.75) is 20.4 Å². The van der Waals surface area contributed by atoms with Crippen molar-refractivity contribution >= 4 is 0 Å². The van der Waals surface area contributed by atoms with E-state index >= 15 is 0 Å². The SMILES string of the molecule is CCn1cc(-c2ccc(C)cc2)c(-c2ccccc2)nc1=O. The van der Waals surface area contributed by atoms with E-state index in [1.54, 1.807) is 4.57 Å². The fraction of sp³-hybridized carbons (Fsp3) is 0.158. The lowest BCUT2D eigenvalue weighted by Gasteiger charge is -2.12. The minimum atomic E-state index is -0.211. The Balaban J connectivity index is 2.26. The van der Waals surface area contributed by atoms with Crippen molar-refractivity contribution in [3.8, 4) is 22.4 Å². The lowest BCUT2D eigenvalue weighted by atomic mass is 10.00. The fourth-order valence-electron chi connectivity index (χ4n) is 2.48. The number of nitrogens with zero attached hydrogens (tertiary/aromatic N) is 2. The maximum absolute atomic E-state index is 12.1. The molecule has 0 saturated heterocycles. The van der Waals surface area contributed by atoms with Gasteiger partial charge >= 0.3 is 5.69 Å². The van der Waals surface area contributed by atoms with Gasteiger partial charge in [0, 0.05) is 23.9 Å². The molecule has 110 valence electrons. The van der Waals surface area contributed by atoms with Crippen molar-refractivity contribution < 1.29 is 0 Å². The topological polar surface area (TPSA) is 34.9 Å². The average molecular weight is 290 g/mol. The molecular formula is C19H18N2O. The van der Waals surface area contributed by atoms with Crippen LogP contribution in [-0.2, 0) is 6.54 Å². The van der Waals surface area contributed by atoms with Gasteiger partial charge in [-0.05, 0) is 19.4 Å². The molecule has 3 rings (SSSR count). The van der Waals surface area contributed by atoms with Crippen LogP contribution in [0.25, 0.3) is 22.4 Å². The number of aryl methyl sites for hydroxylation is 2. The molecule has 1 aromatic heterocycles. The number of hydrogen-bond donors (Lipinski definition) is 0. The first-order chi connectivity index (χ1) is 10.7. The van der Waals surface area contributed by atoms with Gasteiger partial charge in [-0.15, -0.1) is 0 Å². The summed E-state index contributed by atoms with van der Waals surface area (Å²) in [7, 11) is 0.